The van der Waals surface area contributed by atoms with Crippen LogP contribution in [0.25, 0.3) is 0 Å². The van der Waals surface area contributed by atoms with Crippen molar-refractivity contribution >= 4 is 12.0 Å². The molecule has 0 aliphatic carbocycles. The van der Waals surface area contributed by atoms with Gasteiger partial charge in [-0.05, 0) is 26.0 Å². The van der Waals surface area contributed by atoms with Crippen LogP contribution in [0.5, 0.6) is 0 Å². The normalized spacial score (nSPS) is 13.6. The van der Waals surface area contributed by atoms with Gasteiger partial charge in [-0.25, -0.2) is 9.59 Å². The van der Waals surface area contributed by atoms with Crippen molar-refractivity contribution in [2.24, 2.45) is 0 Å². The third-order valence-corrected chi connectivity index (χ3v) is 2.52. The smallest absolute Gasteiger partial charge is 0.332 e. The Morgan fingerprint density at radius 2 is 2.11 bits per heavy atom. The second kappa shape index (κ2) is 6.79. The van der Waals surface area contributed by atoms with Crippen molar-refractivity contribution in [3.63, 3.8) is 0 Å². The van der Waals surface area contributed by atoms with Gasteiger partial charge in [0.15, 0.2) is 6.10 Å². The van der Waals surface area contributed by atoms with E-state index in [1.165, 1.54) is 0 Å². The molecule has 1 rings (SSSR count). The molecule has 0 saturated heterocycles. The standard InChI is InChI=1S/C12H18N2O5/c1-7-3-4-10(19-7)8(2)14-12(18)13-6-5-9(15)11(16)17/h3-4,8-9,15H,5-6H2,1-2H3,(H,16,17)(H2,13,14,18)/t8?,9-/m0/s1. The van der Waals surface area contributed by atoms with E-state index >= 15 is 0 Å². The van der Waals surface area contributed by atoms with Gasteiger partial charge >= 0.3 is 12.0 Å². The van der Waals surface area contributed by atoms with Crippen LogP contribution in [0.3, 0.4) is 0 Å². The number of amides is 2. The molecule has 106 valence electrons. The molecule has 4 N–H and O–H groups in total. The van der Waals surface area contributed by atoms with Gasteiger partial charge in [0.1, 0.15) is 11.5 Å². The van der Waals surface area contributed by atoms with Crippen molar-refractivity contribution in [2.75, 3.05) is 6.54 Å². The van der Waals surface area contributed by atoms with Gasteiger partial charge in [-0.2, -0.15) is 0 Å². The highest BCUT2D eigenvalue weighted by Gasteiger charge is 2.15. The Morgan fingerprint density at radius 1 is 1.42 bits per heavy atom. The lowest BCUT2D eigenvalue weighted by Crippen LogP contribution is -2.38. The van der Waals surface area contributed by atoms with Crippen LogP contribution in [-0.2, 0) is 4.79 Å². The highest BCUT2D eigenvalue weighted by Crippen LogP contribution is 2.15. The molecule has 2 amide bonds. The summed E-state index contributed by atoms with van der Waals surface area (Å²) in [4.78, 5) is 21.8. The summed E-state index contributed by atoms with van der Waals surface area (Å²) in [5.74, 6) is 0.0912. The second-order valence-electron chi connectivity index (χ2n) is 4.21. The average Bonchev–Trinajstić information content (AvgIpc) is 2.75. The van der Waals surface area contributed by atoms with Crippen molar-refractivity contribution in [2.45, 2.75) is 32.4 Å². The molecular weight excluding hydrogens is 252 g/mol. The molecule has 0 fully saturated rings. The van der Waals surface area contributed by atoms with Gasteiger partial charge in [0.25, 0.3) is 0 Å². The number of carboxylic acid groups (broad SMARTS) is 1. The second-order valence-corrected chi connectivity index (χ2v) is 4.21. The summed E-state index contributed by atoms with van der Waals surface area (Å²) >= 11 is 0. The molecule has 2 atom stereocenters. The van der Waals surface area contributed by atoms with Gasteiger partial charge in [-0.15, -0.1) is 0 Å². The van der Waals surface area contributed by atoms with Crippen LogP contribution in [0, 0.1) is 6.92 Å². The third kappa shape index (κ3) is 5.01. The summed E-state index contributed by atoms with van der Waals surface area (Å²) in [7, 11) is 0. The SMILES string of the molecule is Cc1ccc(C(C)NC(=O)NCC[C@H](O)C(=O)O)o1. The number of aryl methyl sites for hydroxylation is 1. The van der Waals surface area contributed by atoms with E-state index in [9.17, 15) is 9.59 Å². The van der Waals surface area contributed by atoms with E-state index < -0.39 is 18.1 Å². The zero-order valence-electron chi connectivity index (χ0n) is 10.8. The minimum Gasteiger partial charge on any atom is -0.479 e. The summed E-state index contributed by atoms with van der Waals surface area (Å²) in [6.07, 6.45) is -1.51. The number of urea groups is 1. The van der Waals surface area contributed by atoms with Crippen LogP contribution in [0.1, 0.15) is 30.9 Å². The van der Waals surface area contributed by atoms with Crippen molar-refractivity contribution < 1.29 is 24.2 Å². The van der Waals surface area contributed by atoms with Crippen LogP contribution in [0.2, 0.25) is 0 Å². The number of carboxylic acids is 1. The topological polar surface area (TPSA) is 112 Å². The molecule has 7 nitrogen and oxygen atoms in total. The predicted molar refractivity (Wildman–Crippen MR) is 66.7 cm³/mol. The highest BCUT2D eigenvalue weighted by atomic mass is 16.4. The molecule has 0 saturated carbocycles. The first-order chi connectivity index (χ1) is 8.90. The van der Waals surface area contributed by atoms with Gasteiger partial charge in [-0.3, -0.25) is 0 Å². The Kier molecular flexibility index (Phi) is 5.37. The fourth-order valence-electron chi connectivity index (χ4n) is 1.45. The minimum atomic E-state index is -1.47. The Hall–Kier alpha value is -2.02. The minimum absolute atomic E-state index is 0.0446. The monoisotopic (exact) mass is 270 g/mol. The Bertz CT molecular complexity index is 443. The summed E-state index contributed by atoms with van der Waals surface area (Å²) in [6, 6.07) is 2.83. The lowest BCUT2D eigenvalue weighted by atomic mass is 10.2. The number of rotatable bonds is 6. The molecule has 1 unspecified atom stereocenters. The lowest BCUT2D eigenvalue weighted by Gasteiger charge is -2.13. The molecule has 1 heterocycles. The molecular formula is C12H18N2O5. The first-order valence-electron chi connectivity index (χ1n) is 5.91. The van der Waals surface area contributed by atoms with Crippen molar-refractivity contribution in [3.8, 4) is 0 Å². The number of hydrogen-bond acceptors (Lipinski definition) is 4. The zero-order chi connectivity index (χ0) is 14.4. The third-order valence-electron chi connectivity index (χ3n) is 2.52. The predicted octanol–water partition coefficient (Wildman–Crippen LogP) is 0.784. The molecule has 0 radical (unpaired) electrons. The molecule has 0 bridgehead atoms. The van der Waals surface area contributed by atoms with E-state index in [1.807, 2.05) is 6.92 Å². The number of carbonyl (C=O) groups is 2. The molecule has 1 aromatic rings. The molecule has 19 heavy (non-hydrogen) atoms. The molecule has 0 spiro atoms. The number of nitrogens with one attached hydrogen (secondary N) is 2. The van der Waals surface area contributed by atoms with Crippen LogP contribution in [-0.4, -0.2) is 34.9 Å². The van der Waals surface area contributed by atoms with Gasteiger partial charge < -0.3 is 25.3 Å². The maximum atomic E-state index is 11.5. The van der Waals surface area contributed by atoms with Gasteiger partial charge in [0.2, 0.25) is 0 Å². The van der Waals surface area contributed by atoms with E-state index in [4.69, 9.17) is 14.6 Å². The van der Waals surface area contributed by atoms with Gasteiger partial charge in [0, 0.05) is 13.0 Å². The molecule has 0 aliphatic heterocycles. The molecule has 1 aromatic heterocycles. The first kappa shape index (κ1) is 15.0. The molecule has 0 aliphatic rings. The summed E-state index contributed by atoms with van der Waals surface area (Å²) in [5, 5.41) is 22.6. The first-order valence-corrected chi connectivity index (χ1v) is 5.91. The maximum Gasteiger partial charge on any atom is 0.332 e. The van der Waals surface area contributed by atoms with Crippen LogP contribution >= 0.6 is 0 Å². The quantitative estimate of drug-likeness (QED) is 0.610. The number of aliphatic hydroxyl groups is 1. The summed E-state index contributed by atoms with van der Waals surface area (Å²) < 4.78 is 5.36. The number of aliphatic carboxylic acids is 1. The number of carbonyl (C=O) groups excluding carboxylic acids is 1. The fraction of sp³-hybridized carbons (Fsp3) is 0.500. The van der Waals surface area contributed by atoms with Crippen LogP contribution in [0.15, 0.2) is 16.5 Å². The number of aliphatic hydroxyl groups excluding tert-OH is 1. The van der Waals surface area contributed by atoms with Gasteiger partial charge in [-0.1, -0.05) is 0 Å². The van der Waals surface area contributed by atoms with E-state index in [-0.39, 0.29) is 19.0 Å². The highest BCUT2D eigenvalue weighted by molar-refractivity contribution is 5.74. The summed E-state index contributed by atoms with van der Waals surface area (Å²) in [5.41, 5.74) is 0. The zero-order valence-corrected chi connectivity index (χ0v) is 10.8. The van der Waals surface area contributed by atoms with Crippen molar-refractivity contribution in [3.05, 3.63) is 23.7 Å². The fourth-order valence-corrected chi connectivity index (χ4v) is 1.45. The van der Waals surface area contributed by atoms with E-state index in [0.717, 1.165) is 5.76 Å². The number of furan rings is 1. The van der Waals surface area contributed by atoms with Gasteiger partial charge in [0.05, 0.1) is 6.04 Å². The largest absolute Gasteiger partial charge is 0.479 e. The van der Waals surface area contributed by atoms with E-state index in [0.29, 0.717) is 5.76 Å². The van der Waals surface area contributed by atoms with Crippen molar-refractivity contribution in [1.29, 1.82) is 0 Å². The van der Waals surface area contributed by atoms with E-state index in [2.05, 4.69) is 10.6 Å². The average molecular weight is 270 g/mol. The van der Waals surface area contributed by atoms with Crippen LogP contribution < -0.4 is 10.6 Å². The molecule has 7 heteroatoms. The molecule has 0 aromatic carbocycles. The Morgan fingerprint density at radius 3 is 2.63 bits per heavy atom. The maximum absolute atomic E-state index is 11.5. The van der Waals surface area contributed by atoms with Crippen molar-refractivity contribution in [1.82, 2.24) is 10.6 Å². The lowest BCUT2D eigenvalue weighted by molar-refractivity contribution is -0.146. The van der Waals surface area contributed by atoms with E-state index in [1.54, 1.807) is 19.1 Å². The van der Waals surface area contributed by atoms with Crippen LogP contribution in [0.4, 0.5) is 4.79 Å². The Labute approximate surface area is 110 Å². The summed E-state index contributed by atoms with van der Waals surface area (Å²) in [6.45, 7) is 3.65. The number of hydrogen-bond donors (Lipinski definition) is 4. The Balaban J connectivity index is 2.29.